The van der Waals surface area contributed by atoms with Crippen LogP contribution >= 0.6 is 0 Å². The molecule has 2 fully saturated rings. The van der Waals surface area contributed by atoms with E-state index in [9.17, 15) is 4.79 Å². The Balaban J connectivity index is 1.26. The van der Waals surface area contributed by atoms with Crippen molar-refractivity contribution in [3.8, 4) is 5.75 Å². The summed E-state index contributed by atoms with van der Waals surface area (Å²) in [5, 5.41) is 0. The quantitative estimate of drug-likeness (QED) is 0.542. The van der Waals surface area contributed by atoms with E-state index in [2.05, 4.69) is 53.2 Å². The Bertz CT molecular complexity index is 898. The number of benzene rings is 2. The predicted octanol–water partition coefficient (Wildman–Crippen LogP) is 4.29. The van der Waals surface area contributed by atoms with E-state index >= 15 is 0 Å². The highest BCUT2D eigenvalue weighted by molar-refractivity contribution is 5.91. The number of ether oxygens (including phenoxy) is 2. The molecule has 2 aliphatic rings. The highest BCUT2D eigenvalue weighted by Gasteiger charge is 2.53. The average molecular weight is 451 g/mol. The lowest BCUT2D eigenvalue weighted by Crippen LogP contribution is -2.44. The van der Waals surface area contributed by atoms with E-state index in [0.717, 1.165) is 76.2 Å². The average Bonchev–Trinajstić information content (AvgIpc) is 3.66. The number of rotatable bonds is 10. The van der Waals surface area contributed by atoms with Crippen molar-refractivity contribution in [3.05, 3.63) is 65.2 Å². The van der Waals surface area contributed by atoms with Gasteiger partial charge in [0.1, 0.15) is 5.75 Å². The Hall–Kier alpha value is -2.37. The van der Waals surface area contributed by atoms with Crippen LogP contribution in [0.2, 0.25) is 0 Å². The maximum absolute atomic E-state index is 13.4. The summed E-state index contributed by atoms with van der Waals surface area (Å²) in [4.78, 5) is 17.8. The standard InChI is InChI=1S/C28H38N2O3/c1-29(18-19-32-2)21-24-6-4-22(5-7-24)20-23-12-16-30(17-13-23)27(31)28(14-15-28)25-8-10-26(33-3)11-9-25/h4-11,23H,12-21H2,1-3H3. The number of likely N-dealkylation sites (tertiary alicyclic amines) is 1. The van der Waals surface area contributed by atoms with Crippen molar-refractivity contribution in [1.29, 1.82) is 0 Å². The van der Waals surface area contributed by atoms with Gasteiger partial charge in [-0.25, -0.2) is 0 Å². The third-order valence-corrected chi connectivity index (χ3v) is 7.38. The van der Waals surface area contributed by atoms with E-state index in [1.165, 1.54) is 11.1 Å². The van der Waals surface area contributed by atoms with E-state index < -0.39 is 0 Å². The van der Waals surface area contributed by atoms with Crippen molar-refractivity contribution in [2.24, 2.45) is 5.92 Å². The molecule has 0 N–H and O–H groups in total. The summed E-state index contributed by atoms with van der Waals surface area (Å²) < 4.78 is 10.4. The van der Waals surface area contributed by atoms with Crippen LogP contribution in [0.3, 0.4) is 0 Å². The molecule has 178 valence electrons. The van der Waals surface area contributed by atoms with Gasteiger partial charge in [0.05, 0.1) is 19.1 Å². The van der Waals surface area contributed by atoms with Crippen LogP contribution in [-0.2, 0) is 27.9 Å². The summed E-state index contributed by atoms with van der Waals surface area (Å²) in [5.74, 6) is 1.82. The Morgan fingerprint density at radius 3 is 2.21 bits per heavy atom. The van der Waals surface area contributed by atoms with Gasteiger partial charge in [0.2, 0.25) is 5.91 Å². The zero-order chi connectivity index (χ0) is 23.3. The Kier molecular flexibility index (Phi) is 7.71. The molecule has 0 atom stereocenters. The second-order valence-corrected chi connectivity index (χ2v) is 9.80. The van der Waals surface area contributed by atoms with Crippen molar-refractivity contribution in [2.45, 2.75) is 44.1 Å². The van der Waals surface area contributed by atoms with Gasteiger partial charge in [0, 0.05) is 33.3 Å². The van der Waals surface area contributed by atoms with E-state index in [0.29, 0.717) is 11.8 Å². The number of piperidine rings is 1. The first-order chi connectivity index (χ1) is 16.0. The molecular weight excluding hydrogens is 412 g/mol. The highest BCUT2D eigenvalue weighted by Crippen LogP contribution is 2.50. The molecule has 5 heteroatoms. The van der Waals surface area contributed by atoms with Crippen LogP contribution in [0.1, 0.15) is 42.4 Å². The first-order valence-corrected chi connectivity index (χ1v) is 12.2. The molecule has 1 aliphatic carbocycles. The molecule has 1 heterocycles. The van der Waals surface area contributed by atoms with E-state index in [-0.39, 0.29) is 5.41 Å². The molecule has 0 aromatic heterocycles. The third-order valence-electron chi connectivity index (χ3n) is 7.38. The predicted molar refractivity (Wildman–Crippen MR) is 132 cm³/mol. The maximum Gasteiger partial charge on any atom is 0.233 e. The molecule has 2 aromatic carbocycles. The van der Waals surface area contributed by atoms with Gasteiger partial charge in [-0.1, -0.05) is 36.4 Å². The fourth-order valence-corrected chi connectivity index (χ4v) is 5.06. The normalized spacial score (nSPS) is 17.9. The van der Waals surface area contributed by atoms with Gasteiger partial charge in [-0.05, 0) is 73.9 Å². The molecule has 2 aromatic rings. The molecule has 1 saturated heterocycles. The minimum atomic E-state index is -0.286. The largest absolute Gasteiger partial charge is 0.497 e. The van der Waals surface area contributed by atoms with Crippen LogP contribution < -0.4 is 4.74 Å². The lowest BCUT2D eigenvalue weighted by Gasteiger charge is -2.34. The topological polar surface area (TPSA) is 42.0 Å². The Labute approximate surface area is 198 Å². The summed E-state index contributed by atoms with van der Waals surface area (Å²) in [6.45, 7) is 4.40. The summed E-state index contributed by atoms with van der Waals surface area (Å²) in [7, 11) is 5.55. The highest BCUT2D eigenvalue weighted by atomic mass is 16.5. The van der Waals surface area contributed by atoms with Crippen LogP contribution in [0.4, 0.5) is 0 Å². The zero-order valence-corrected chi connectivity index (χ0v) is 20.4. The van der Waals surface area contributed by atoms with Gasteiger partial charge in [0.25, 0.3) is 0 Å². The summed E-state index contributed by atoms with van der Waals surface area (Å²) in [5.41, 5.74) is 3.60. The number of likely N-dealkylation sites (N-methyl/N-ethyl adjacent to an activating group) is 1. The minimum Gasteiger partial charge on any atom is -0.497 e. The van der Waals surface area contributed by atoms with E-state index in [4.69, 9.17) is 9.47 Å². The van der Waals surface area contributed by atoms with Crippen molar-refractivity contribution in [3.63, 3.8) is 0 Å². The second-order valence-electron chi connectivity index (χ2n) is 9.80. The second kappa shape index (κ2) is 10.7. The molecule has 0 radical (unpaired) electrons. The fraction of sp³-hybridized carbons (Fsp3) is 0.536. The molecular formula is C28H38N2O3. The third kappa shape index (κ3) is 5.77. The van der Waals surface area contributed by atoms with Gasteiger partial charge >= 0.3 is 0 Å². The van der Waals surface area contributed by atoms with Crippen molar-refractivity contribution < 1.29 is 14.3 Å². The molecule has 0 bridgehead atoms. The Morgan fingerprint density at radius 2 is 1.64 bits per heavy atom. The number of hydrogen-bond acceptors (Lipinski definition) is 4. The monoisotopic (exact) mass is 450 g/mol. The molecule has 0 unspecified atom stereocenters. The van der Waals surface area contributed by atoms with E-state index in [1.54, 1.807) is 14.2 Å². The smallest absolute Gasteiger partial charge is 0.233 e. The lowest BCUT2D eigenvalue weighted by molar-refractivity contribution is -0.135. The molecule has 1 saturated carbocycles. The zero-order valence-electron chi connectivity index (χ0n) is 20.4. The molecule has 33 heavy (non-hydrogen) atoms. The van der Waals surface area contributed by atoms with Crippen LogP contribution in [0.15, 0.2) is 48.5 Å². The van der Waals surface area contributed by atoms with Crippen molar-refractivity contribution in [1.82, 2.24) is 9.80 Å². The van der Waals surface area contributed by atoms with Gasteiger partial charge in [0.15, 0.2) is 0 Å². The number of methoxy groups -OCH3 is 2. The summed E-state index contributed by atoms with van der Waals surface area (Å²) in [6, 6.07) is 17.1. The van der Waals surface area contributed by atoms with Crippen molar-refractivity contribution in [2.75, 3.05) is 47.5 Å². The number of carbonyl (C=O) groups is 1. The van der Waals surface area contributed by atoms with Gasteiger partial charge in [-0.2, -0.15) is 0 Å². The minimum absolute atomic E-state index is 0.286. The molecule has 1 amide bonds. The summed E-state index contributed by atoms with van der Waals surface area (Å²) >= 11 is 0. The van der Waals surface area contributed by atoms with Gasteiger partial charge in [-0.15, -0.1) is 0 Å². The SMILES string of the molecule is COCCN(C)Cc1ccc(CC2CCN(C(=O)C3(c4ccc(OC)cc4)CC3)CC2)cc1. The van der Waals surface area contributed by atoms with Crippen LogP contribution in [0, 0.1) is 5.92 Å². The lowest BCUT2D eigenvalue weighted by atomic mass is 9.88. The number of nitrogens with zero attached hydrogens (tertiary/aromatic N) is 2. The number of amides is 1. The molecule has 0 spiro atoms. The summed E-state index contributed by atoms with van der Waals surface area (Å²) in [6.07, 6.45) is 5.21. The maximum atomic E-state index is 13.4. The van der Waals surface area contributed by atoms with Crippen LogP contribution in [0.25, 0.3) is 0 Å². The first kappa shape index (κ1) is 23.8. The van der Waals surface area contributed by atoms with Crippen LogP contribution in [-0.4, -0.2) is 63.2 Å². The number of carbonyl (C=O) groups excluding carboxylic acids is 1. The first-order valence-electron chi connectivity index (χ1n) is 12.2. The van der Waals surface area contributed by atoms with Gasteiger partial charge < -0.3 is 14.4 Å². The number of hydrogen-bond donors (Lipinski definition) is 0. The molecule has 1 aliphatic heterocycles. The van der Waals surface area contributed by atoms with Crippen molar-refractivity contribution >= 4 is 5.91 Å². The van der Waals surface area contributed by atoms with E-state index in [1.807, 2.05) is 12.1 Å². The molecule has 5 nitrogen and oxygen atoms in total. The van der Waals surface area contributed by atoms with Gasteiger partial charge in [-0.3, -0.25) is 9.69 Å². The Morgan fingerprint density at radius 1 is 1.00 bits per heavy atom. The molecule has 4 rings (SSSR count). The fourth-order valence-electron chi connectivity index (χ4n) is 5.06. The van der Waals surface area contributed by atoms with Crippen LogP contribution in [0.5, 0.6) is 5.75 Å².